The lowest BCUT2D eigenvalue weighted by Crippen LogP contribution is -2.17. The van der Waals surface area contributed by atoms with Gasteiger partial charge in [0.15, 0.2) is 0 Å². The summed E-state index contributed by atoms with van der Waals surface area (Å²) >= 11 is 0. The topological polar surface area (TPSA) is 59.4 Å². The van der Waals surface area contributed by atoms with Gasteiger partial charge in [0.05, 0.1) is 17.9 Å². The number of carboxylic acids is 1. The third-order valence-electron chi connectivity index (χ3n) is 3.41. The first-order chi connectivity index (χ1) is 11.6. The first-order valence-electron chi connectivity index (χ1n) is 7.65. The van der Waals surface area contributed by atoms with Crippen LogP contribution in [0.3, 0.4) is 0 Å². The second-order valence-corrected chi connectivity index (χ2v) is 6.11. The zero-order valence-corrected chi connectivity index (χ0v) is 14.0. The van der Waals surface area contributed by atoms with Gasteiger partial charge in [-0.15, -0.1) is 0 Å². The van der Waals surface area contributed by atoms with Crippen molar-refractivity contribution in [2.45, 2.75) is 26.9 Å². The van der Waals surface area contributed by atoms with Gasteiger partial charge in [-0.3, -0.25) is 0 Å². The van der Waals surface area contributed by atoms with Crippen molar-refractivity contribution in [3.63, 3.8) is 0 Å². The van der Waals surface area contributed by atoms with Crippen LogP contribution in [0.5, 0.6) is 5.88 Å². The standard InChI is InChI=1S/C18H18F3NO3/c1-10(2)9-25-16-15(17(23)24)13(18(19,20)21)8-14(22-16)12-6-4-11(3)5-7-12/h4-8,10H,9H2,1-3H3,(H,23,24). The minimum atomic E-state index is -4.84. The van der Waals surface area contributed by atoms with Crippen LogP contribution in [0.1, 0.15) is 35.3 Å². The molecule has 0 bridgehead atoms. The number of carboxylic acid groups (broad SMARTS) is 1. The maximum Gasteiger partial charge on any atom is 0.417 e. The predicted octanol–water partition coefficient (Wildman–Crippen LogP) is 4.81. The molecule has 0 amide bonds. The maximum absolute atomic E-state index is 13.4. The van der Waals surface area contributed by atoms with Crippen molar-refractivity contribution in [3.8, 4) is 17.1 Å². The minimum absolute atomic E-state index is 0.000752. The number of nitrogens with zero attached hydrogens (tertiary/aromatic N) is 1. The van der Waals surface area contributed by atoms with Crippen molar-refractivity contribution in [1.82, 2.24) is 4.98 Å². The molecule has 0 saturated carbocycles. The molecule has 0 unspecified atom stereocenters. The number of hydrogen-bond donors (Lipinski definition) is 1. The Bertz CT molecular complexity index is 768. The van der Waals surface area contributed by atoms with Gasteiger partial charge in [0.25, 0.3) is 0 Å². The summed E-state index contributed by atoms with van der Waals surface area (Å²) in [6, 6.07) is 7.49. The Balaban J connectivity index is 2.67. The normalized spacial score (nSPS) is 11.6. The summed E-state index contributed by atoms with van der Waals surface area (Å²) in [5.41, 5.74) is -0.843. The van der Waals surface area contributed by atoms with E-state index < -0.39 is 29.2 Å². The fourth-order valence-electron chi connectivity index (χ4n) is 2.17. The third kappa shape index (κ3) is 4.49. The zero-order chi connectivity index (χ0) is 18.8. The summed E-state index contributed by atoms with van der Waals surface area (Å²) in [6.07, 6.45) is -4.84. The second-order valence-electron chi connectivity index (χ2n) is 6.11. The highest BCUT2D eigenvalue weighted by Crippen LogP contribution is 2.38. The van der Waals surface area contributed by atoms with Crippen molar-refractivity contribution in [2.75, 3.05) is 6.61 Å². The van der Waals surface area contributed by atoms with Gasteiger partial charge in [-0.1, -0.05) is 43.7 Å². The minimum Gasteiger partial charge on any atom is -0.477 e. The lowest BCUT2D eigenvalue weighted by Gasteiger charge is -2.17. The number of aryl methyl sites for hydroxylation is 1. The zero-order valence-electron chi connectivity index (χ0n) is 14.0. The van der Waals surface area contributed by atoms with E-state index in [1.54, 1.807) is 38.1 Å². The monoisotopic (exact) mass is 353 g/mol. The van der Waals surface area contributed by atoms with E-state index in [2.05, 4.69) is 4.98 Å². The van der Waals surface area contributed by atoms with Gasteiger partial charge in [0.1, 0.15) is 5.56 Å². The van der Waals surface area contributed by atoms with Gasteiger partial charge in [0, 0.05) is 5.56 Å². The van der Waals surface area contributed by atoms with E-state index in [1.165, 1.54) is 0 Å². The van der Waals surface area contributed by atoms with Crippen molar-refractivity contribution < 1.29 is 27.8 Å². The van der Waals surface area contributed by atoms with Gasteiger partial charge >= 0.3 is 12.1 Å². The quantitative estimate of drug-likeness (QED) is 0.838. The van der Waals surface area contributed by atoms with E-state index in [4.69, 9.17) is 4.74 Å². The van der Waals surface area contributed by atoms with Gasteiger partial charge in [-0.2, -0.15) is 13.2 Å². The van der Waals surface area contributed by atoms with E-state index in [1.807, 2.05) is 6.92 Å². The molecule has 0 atom stereocenters. The number of alkyl halides is 3. The van der Waals surface area contributed by atoms with Crippen molar-refractivity contribution in [2.24, 2.45) is 5.92 Å². The Hall–Kier alpha value is -2.57. The molecule has 134 valence electrons. The van der Waals surface area contributed by atoms with Gasteiger partial charge in [-0.05, 0) is 18.9 Å². The second kappa shape index (κ2) is 7.13. The number of rotatable bonds is 5. The number of aromatic carboxylic acids is 1. The third-order valence-corrected chi connectivity index (χ3v) is 3.41. The number of aromatic nitrogens is 1. The SMILES string of the molecule is Cc1ccc(-c2cc(C(F)(F)F)c(C(=O)O)c(OCC(C)C)n2)cc1. The number of carbonyl (C=O) groups is 1. The summed E-state index contributed by atoms with van der Waals surface area (Å²) in [4.78, 5) is 15.4. The Morgan fingerprint density at radius 2 is 1.84 bits per heavy atom. The summed E-state index contributed by atoms with van der Waals surface area (Å²) in [6.45, 7) is 5.51. The fourth-order valence-corrected chi connectivity index (χ4v) is 2.17. The number of ether oxygens (including phenoxy) is 1. The van der Waals surface area contributed by atoms with Gasteiger partial charge in [-0.25, -0.2) is 9.78 Å². The Labute approximate surface area is 143 Å². The molecule has 1 aromatic heterocycles. The van der Waals surface area contributed by atoms with E-state index in [0.717, 1.165) is 11.6 Å². The van der Waals surface area contributed by atoms with Crippen molar-refractivity contribution in [1.29, 1.82) is 0 Å². The lowest BCUT2D eigenvalue weighted by atomic mass is 10.0. The summed E-state index contributed by atoms with van der Waals surface area (Å²) in [5.74, 6) is -2.25. The molecule has 0 radical (unpaired) electrons. The Morgan fingerprint density at radius 3 is 2.32 bits per heavy atom. The van der Waals surface area contributed by atoms with E-state index in [-0.39, 0.29) is 18.2 Å². The maximum atomic E-state index is 13.4. The number of pyridine rings is 1. The van der Waals surface area contributed by atoms with Crippen LogP contribution >= 0.6 is 0 Å². The molecule has 4 nitrogen and oxygen atoms in total. The molecule has 2 rings (SSSR count). The van der Waals surface area contributed by atoms with Crippen LogP contribution in [0.25, 0.3) is 11.3 Å². The molecule has 1 heterocycles. The van der Waals surface area contributed by atoms with Crippen LogP contribution in [0, 0.1) is 12.8 Å². The predicted molar refractivity (Wildman–Crippen MR) is 86.7 cm³/mol. The van der Waals surface area contributed by atoms with Crippen LogP contribution in [-0.4, -0.2) is 22.7 Å². The van der Waals surface area contributed by atoms with Gasteiger partial charge in [0.2, 0.25) is 5.88 Å². The molecular weight excluding hydrogens is 335 g/mol. The van der Waals surface area contributed by atoms with Crippen LogP contribution < -0.4 is 4.74 Å². The highest BCUT2D eigenvalue weighted by molar-refractivity contribution is 5.93. The fraction of sp³-hybridized carbons (Fsp3) is 0.333. The van der Waals surface area contributed by atoms with E-state index in [9.17, 15) is 23.1 Å². The molecule has 2 aromatic rings. The molecule has 25 heavy (non-hydrogen) atoms. The van der Waals surface area contributed by atoms with E-state index in [0.29, 0.717) is 5.56 Å². The largest absolute Gasteiger partial charge is 0.477 e. The molecular formula is C18H18F3NO3. The number of hydrogen-bond acceptors (Lipinski definition) is 3. The average Bonchev–Trinajstić information content (AvgIpc) is 2.51. The number of halogens is 3. The number of benzene rings is 1. The molecule has 0 aliphatic rings. The van der Waals surface area contributed by atoms with Crippen LogP contribution in [0.15, 0.2) is 30.3 Å². The van der Waals surface area contributed by atoms with Crippen molar-refractivity contribution >= 4 is 5.97 Å². The van der Waals surface area contributed by atoms with Crippen LogP contribution in [0.2, 0.25) is 0 Å². The van der Waals surface area contributed by atoms with E-state index >= 15 is 0 Å². The summed E-state index contributed by atoms with van der Waals surface area (Å²) in [5, 5.41) is 9.25. The van der Waals surface area contributed by atoms with Crippen LogP contribution in [-0.2, 0) is 6.18 Å². The highest BCUT2D eigenvalue weighted by atomic mass is 19.4. The Morgan fingerprint density at radius 1 is 1.24 bits per heavy atom. The van der Waals surface area contributed by atoms with Gasteiger partial charge < -0.3 is 9.84 Å². The molecule has 0 aliphatic carbocycles. The first kappa shape index (κ1) is 18.8. The lowest BCUT2D eigenvalue weighted by molar-refractivity contribution is -0.138. The molecule has 0 spiro atoms. The molecule has 0 saturated heterocycles. The Kier molecular flexibility index (Phi) is 5.35. The molecule has 0 aliphatic heterocycles. The smallest absolute Gasteiger partial charge is 0.417 e. The molecule has 1 aromatic carbocycles. The molecule has 0 fully saturated rings. The molecule has 7 heteroatoms. The summed E-state index contributed by atoms with van der Waals surface area (Å²) < 4.78 is 45.5. The average molecular weight is 353 g/mol. The highest BCUT2D eigenvalue weighted by Gasteiger charge is 2.38. The van der Waals surface area contributed by atoms with Crippen LogP contribution in [0.4, 0.5) is 13.2 Å². The summed E-state index contributed by atoms with van der Waals surface area (Å²) in [7, 11) is 0. The van der Waals surface area contributed by atoms with Crippen molar-refractivity contribution in [3.05, 3.63) is 47.0 Å². The molecule has 1 N–H and O–H groups in total. The first-order valence-corrected chi connectivity index (χ1v) is 7.65.